The third-order valence-electron chi connectivity index (χ3n) is 2.67. The van der Waals surface area contributed by atoms with E-state index >= 15 is 0 Å². The maximum Gasteiger partial charge on any atom is 0.237 e. The molecular formula is C12H27N5O2. The van der Waals surface area contributed by atoms with Crippen molar-refractivity contribution in [3.8, 4) is 0 Å². The lowest BCUT2D eigenvalue weighted by molar-refractivity contribution is -0.123. The first-order valence-electron chi connectivity index (χ1n) is 6.66. The van der Waals surface area contributed by atoms with Crippen molar-refractivity contribution in [1.82, 2.24) is 26.6 Å². The van der Waals surface area contributed by atoms with Crippen LogP contribution in [0, 0.1) is 0 Å². The minimum absolute atomic E-state index is 0.000647. The zero-order chi connectivity index (χ0) is 14.5. The Morgan fingerprint density at radius 1 is 0.947 bits per heavy atom. The second kappa shape index (κ2) is 11.9. The molecule has 0 saturated heterocycles. The fourth-order valence-electron chi connectivity index (χ4n) is 1.60. The Bertz CT molecular complexity index is 261. The molecule has 2 amide bonds. The van der Waals surface area contributed by atoms with Crippen molar-refractivity contribution < 1.29 is 9.59 Å². The summed E-state index contributed by atoms with van der Waals surface area (Å²) in [5, 5.41) is 14.4. The van der Waals surface area contributed by atoms with Gasteiger partial charge in [-0.2, -0.15) is 0 Å². The van der Waals surface area contributed by atoms with E-state index in [0.717, 1.165) is 13.0 Å². The first-order valence-corrected chi connectivity index (χ1v) is 6.66. The smallest absolute Gasteiger partial charge is 0.237 e. The average molecular weight is 273 g/mol. The van der Waals surface area contributed by atoms with Gasteiger partial charge in [0.1, 0.15) is 0 Å². The van der Waals surface area contributed by atoms with Crippen LogP contribution in [-0.4, -0.2) is 65.2 Å². The van der Waals surface area contributed by atoms with Gasteiger partial charge in [-0.25, -0.2) is 0 Å². The Labute approximate surface area is 115 Å². The molecular weight excluding hydrogens is 246 g/mol. The number of rotatable bonds is 11. The predicted molar refractivity (Wildman–Crippen MR) is 76.0 cm³/mol. The van der Waals surface area contributed by atoms with Crippen molar-refractivity contribution in [3.05, 3.63) is 0 Å². The normalized spacial score (nSPS) is 11.9. The summed E-state index contributed by atoms with van der Waals surface area (Å²) in [7, 11) is 5.34. The molecule has 0 unspecified atom stereocenters. The molecule has 0 rings (SSSR count). The van der Waals surface area contributed by atoms with Gasteiger partial charge in [0.15, 0.2) is 0 Å². The van der Waals surface area contributed by atoms with Crippen molar-refractivity contribution in [2.45, 2.75) is 18.9 Å². The molecule has 5 N–H and O–H groups in total. The maximum atomic E-state index is 11.8. The number of amides is 2. The molecule has 0 fully saturated rings. The van der Waals surface area contributed by atoms with E-state index in [4.69, 9.17) is 0 Å². The highest BCUT2D eigenvalue weighted by atomic mass is 16.2. The third-order valence-corrected chi connectivity index (χ3v) is 2.67. The first kappa shape index (κ1) is 17.8. The highest BCUT2D eigenvalue weighted by Gasteiger charge is 2.14. The summed E-state index contributed by atoms with van der Waals surface area (Å²) in [5.74, 6) is -0.0266. The molecule has 0 radical (unpaired) electrons. The first-order chi connectivity index (χ1) is 9.15. The maximum absolute atomic E-state index is 11.8. The van der Waals surface area contributed by atoms with Gasteiger partial charge in [-0.15, -0.1) is 0 Å². The molecule has 0 aromatic rings. The second-order valence-corrected chi connectivity index (χ2v) is 4.26. The minimum Gasteiger partial charge on any atom is -0.355 e. The summed E-state index contributed by atoms with van der Waals surface area (Å²) < 4.78 is 0. The van der Waals surface area contributed by atoms with E-state index in [0.29, 0.717) is 26.1 Å². The Balaban J connectivity index is 3.74. The Morgan fingerprint density at radius 3 is 2.26 bits per heavy atom. The van der Waals surface area contributed by atoms with E-state index in [-0.39, 0.29) is 17.9 Å². The molecule has 0 aliphatic carbocycles. The molecule has 0 heterocycles. The van der Waals surface area contributed by atoms with E-state index < -0.39 is 0 Å². The lowest BCUT2D eigenvalue weighted by Gasteiger charge is -2.16. The van der Waals surface area contributed by atoms with Crippen LogP contribution in [0.5, 0.6) is 0 Å². The molecule has 0 bridgehead atoms. The fraction of sp³-hybridized carbons (Fsp3) is 0.833. The summed E-state index contributed by atoms with van der Waals surface area (Å²) in [4.78, 5) is 23.0. The van der Waals surface area contributed by atoms with Crippen LogP contribution in [-0.2, 0) is 9.59 Å². The van der Waals surface area contributed by atoms with Gasteiger partial charge in [0.05, 0.1) is 12.6 Å². The van der Waals surface area contributed by atoms with E-state index in [1.165, 1.54) is 0 Å². The molecule has 0 aromatic carbocycles. The van der Waals surface area contributed by atoms with Crippen LogP contribution in [0.3, 0.4) is 0 Å². The third kappa shape index (κ3) is 9.40. The van der Waals surface area contributed by atoms with E-state index in [2.05, 4.69) is 26.6 Å². The van der Waals surface area contributed by atoms with Gasteiger partial charge in [-0.1, -0.05) is 0 Å². The Hall–Kier alpha value is -1.18. The number of carbonyl (C=O) groups excluding carboxylic acids is 2. The van der Waals surface area contributed by atoms with Gasteiger partial charge in [0.2, 0.25) is 11.8 Å². The van der Waals surface area contributed by atoms with E-state index in [1.54, 1.807) is 14.1 Å². The van der Waals surface area contributed by atoms with Crippen molar-refractivity contribution in [2.24, 2.45) is 0 Å². The molecule has 19 heavy (non-hydrogen) atoms. The van der Waals surface area contributed by atoms with E-state index in [1.807, 2.05) is 7.05 Å². The highest BCUT2D eigenvalue weighted by Crippen LogP contribution is 1.96. The molecule has 0 spiro atoms. The number of hydrogen-bond donors (Lipinski definition) is 5. The molecule has 1 atom stereocenters. The number of nitrogens with one attached hydrogen (secondary N) is 5. The van der Waals surface area contributed by atoms with Gasteiger partial charge < -0.3 is 26.6 Å². The zero-order valence-corrected chi connectivity index (χ0v) is 12.1. The average Bonchev–Trinajstić information content (AvgIpc) is 2.39. The summed E-state index contributed by atoms with van der Waals surface area (Å²) >= 11 is 0. The van der Waals surface area contributed by atoms with Gasteiger partial charge >= 0.3 is 0 Å². The monoisotopic (exact) mass is 273 g/mol. The summed E-state index contributed by atoms with van der Waals surface area (Å²) in [5.41, 5.74) is 0. The van der Waals surface area contributed by atoms with Crippen LogP contribution < -0.4 is 26.6 Å². The predicted octanol–water partition coefficient (Wildman–Crippen LogP) is -1.97. The number of carbonyl (C=O) groups is 2. The molecule has 7 heteroatoms. The van der Waals surface area contributed by atoms with Gasteiger partial charge in [-0.05, 0) is 34.0 Å². The minimum atomic E-state index is -0.210. The van der Waals surface area contributed by atoms with Gasteiger partial charge in [0.25, 0.3) is 0 Å². The largest absolute Gasteiger partial charge is 0.355 e. The topological polar surface area (TPSA) is 94.3 Å². The van der Waals surface area contributed by atoms with Crippen LogP contribution in [0.15, 0.2) is 0 Å². The van der Waals surface area contributed by atoms with Crippen molar-refractivity contribution in [1.29, 1.82) is 0 Å². The van der Waals surface area contributed by atoms with Gasteiger partial charge in [-0.3, -0.25) is 9.59 Å². The van der Waals surface area contributed by atoms with Crippen LogP contribution in [0.2, 0.25) is 0 Å². The fourth-order valence-corrected chi connectivity index (χ4v) is 1.60. The molecule has 0 aliphatic rings. The molecule has 0 aromatic heterocycles. The van der Waals surface area contributed by atoms with Crippen molar-refractivity contribution in [2.75, 3.05) is 47.3 Å². The second-order valence-electron chi connectivity index (χ2n) is 4.26. The molecule has 7 nitrogen and oxygen atoms in total. The zero-order valence-electron chi connectivity index (χ0n) is 12.1. The molecule has 0 aliphatic heterocycles. The molecule has 0 saturated carbocycles. The quantitative estimate of drug-likeness (QED) is 0.281. The Kier molecular flexibility index (Phi) is 11.1. The lowest BCUT2D eigenvalue weighted by atomic mass is 10.1. The number of hydrogen-bond acceptors (Lipinski definition) is 5. The SMILES string of the molecule is CNCCNC(=O)[C@H](CCCNC(=O)CNC)NC. The van der Waals surface area contributed by atoms with Gasteiger partial charge in [0, 0.05) is 19.6 Å². The summed E-state index contributed by atoms with van der Waals surface area (Å²) in [6, 6.07) is -0.210. The van der Waals surface area contributed by atoms with Crippen molar-refractivity contribution in [3.63, 3.8) is 0 Å². The standard InChI is InChI=1S/C12H27N5O2/c1-13-7-8-17-12(19)10(15-3)5-4-6-16-11(18)9-14-2/h10,13-15H,4-9H2,1-3H3,(H,16,18)(H,17,19)/t10-/m0/s1. The van der Waals surface area contributed by atoms with Crippen LogP contribution in [0.1, 0.15) is 12.8 Å². The molecule has 112 valence electrons. The van der Waals surface area contributed by atoms with Crippen LogP contribution >= 0.6 is 0 Å². The Morgan fingerprint density at radius 2 is 1.68 bits per heavy atom. The highest BCUT2D eigenvalue weighted by molar-refractivity contribution is 5.81. The lowest BCUT2D eigenvalue weighted by Crippen LogP contribution is -2.44. The van der Waals surface area contributed by atoms with Crippen molar-refractivity contribution >= 4 is 11.8 Å². The van der Waals surface area contributed by atoms with Crippen LogP contribution in [0.4, 0.5) is 0 Å². The number of likely N-dealkylation sites (N-methyl/N-ethyl adjacent to an activating group) is 3. The van der Waals surface area contributed by atoms with E-state index in [9.17, 15) is 9.59 Å². The van der Waals surface area contributed by atoms with Crippen LogP contribution in [0.25, 0.3) is 0 Å². The summed E-state index contributed by atoms with van der Waals surface area (Å²) in [6.45, 7) is 2.27. The summed E-state index contributed by atoms with van der Waals surface area (Å²) in [6.07, 6.45) is 1.46.